The van der Waals surface area contributed by atoms with Crippen molar-refractivity contribution in [2.24, 2.45) is 11.7 Å². The van der Waals surface area contributed by atoms with Gasteiger partial charge in [-0.2, -0.15) is 0 Å². The Hall–Kier alpha value is -4.10. The zero-order chi connectivity index (χ0) is 27.9. The molecular formula is C33H36N2O5. The molecule has 1 saturated carbocycles. The van der Waals surface area contributed by atoms with Gasteiger partial charge in [0.05, 0.1) is 12.9 Å². The first kappa shape index (κ1) is 27.5. The summed E-state index contributed by atoms with van der Waals surface area (Å²) in [7, 11) is 0. The Morgan fingerprint density at radius 3 is 2.62 bits per heavy atom. The van der Waals surface area contributed by atoms with Crippen molar-refractivity contribution >= 4 is 22.8 Å². The van der Waals surface area contributed by atoms with Gasteiger partial charge in [0.2, 0.25) is 5.91 Å². The van der Waals surface area contributed by atoms with Gasteiger partial charge in [-0.05, 0) is 66.8 Å². The number of amides is 1. The molecule has 40 heavy (non-hydrogen) atoms. The molecule has 208 valence electrons. The average Bonchev–Trinajstić information content (AvgIpc) is 3.48. The molecule has 1 aliphatic rings. The first-order valence-corrected chi connectivity index (χ1v) is 14.1. The van der Waals surface area contributed by atoms with E-state index in [-0.39, 0.29) is 25.0 Å². The lowest BCUT2D eigenvalue weighted by molar-refractivity contribution is -0.148. The van der Waals surface area contributed by atoms with E-state index in [1.807, 2.05) is 48.5 Å². The van der Waals surface area contributed by atoms with Crippen LogP contribution in [0.25, 0.3) is 22.1 Å². The Morgan fingerprint density at radius 2 is 1.82 bits per heavy atom. The molecule has 7 heteroatoms. The number of carbonyl (C=O) groups is 2. The van der Waals surface area contributed by atoms with Crippen molar-refractivity contribution in [1.29, 1.82) is 0 Å². The van der Waals surface area contributed by atoms with Gasteiger partial charge in [-0.25, -0.2) is 4.79 Å². The van der Waals surface area contributed by atoms with Gasteiger partial charge in [0.1, 0.15) is 17.9 Å². The third kappa shape index (κ3) is 6.20. The van der Waals surface area contributed by atoms with E-state index in [0.717, 1.165) is 65.3 Å². The fourth-order valence-electron chi connectivity index (χ4n) is 5.43. The molecule has 0 saturated heterocycles. The summed E-state index contributed by atoms with van der Waals surface area (Å²) in [5.74, 6) is -0.174. The predicted molar refractivity (Wildman–Crippen MR) is 154 cm³/mol. The number of esters is 1. The second-order valence-corrected chi connectivity index (χ2v) is 10.2. The van der Waals surface area contributed by atoms with Crippen LogP contribution < -0.4 is 15.8 Å². The van der Waals surface area contributed by atoms with Gasteiger partial charge < -0.3 is 24.9 Å². The minimum atomic E-state index is -0.948. The van der Waals surface area contributed by atoms with Crippen LogP contribution in [-0.2, 0) is 27.5 Å². The van der Waals surface area contributed by atoms with Crippen molar-refractivity contribution in [2.75, 3.05) is 6.61 Å². The van der Waals surface area contributed by atoms with Gasteiger partial charge >= 0.3 is 5.97 Å². The summed E-state index contributed by atoms with van der Waals surface area (Å²) >= 11 is 0. The van der Waals surface area contributed by atoms with Crippen molar-refractivity contribution < 1.29 is 23.5 Å². The Bertz CT molecular complexity index is 1470. The lowest BCUT2D eigenvalue weighted by atomic mass is 9.88. The fourth-order valence-corrected chi connectivity index (χ4v) is 5.43. The Morgan fingerprint density at radius 1 is 1.00 bits per heavy atom. The van der Waals surface area contributed by atoms with E-state index >= 15 is 0 Å². The molecule has 3 N–H and O–H groups in total. The van der Waals surface area contributed by atoms with Crippen LogP contribution in [0.4, 0.5) is 0 Å². The maximum Gasteiger partial charge on any atom is 0.333 e. The summed E-state index contributed by atoms with van der Waals surface area (Å²) < 4.78 is 17.5. The Balaban J connectivity index is 1.41. The molecule has 7 nitrogen and oxygen atoms in total. The summed E-state index contributed by atoms with van der Waals surface area (Å²) in [4.78, 5) is 26.2. The lowest BCUT2D eigenvalue weighted by Crippen LogP contribution is -2.39. The van der Waals surface area contributed by atoms with E-state index in [4.69, 9.17) is 19.6 Å². The summed E-state index contributed by atoms with van der Waals surface area (Å²) in [5.41, 5.74) is 11.2. The Labute approximate surface area is 234 Å². The summed E-state index contributed by atoms with van der Waals surface area (Å²) in [6, 6.07) is 20.5. The normalized spacial score (nSPS) is 14.6. The molecule has 1 atom stereocenters. The molecule has 0 spiro atoms. The van der Waals surface area contributed by atoms with E-state index in [2.05, 4.69) is 17.4 Å². The van der Waals surface area contributed by atoms with E-state index in [9.17, 15) is 9.59 Å². The van der Waals surface area contributed by atoms with Crippen molar-refractivity contribution in [3.8, 4) is 16.9 Å². The molecule has 4 aromatic rings. The van der Waals surface area contributed by atoms with Crippen LogP contribution in [0.15, 0.2) is 77.4 Å². The van der Waals surface area contributed by atoms with Gasteiger partial charge in [-0.15, -0.1) is 0 Å². The highest BCUT2D eigenvalue weighted by Gasteiger charge is 2.30. The van der Waals surface area contributed by atoms with Gasteiger partial charge in [0, 0.05) is 29.0 Å². The predicted octanol–water partition coefficient (Wildman–Crippen LogP) is 6.44. The number of para-hydroxylation sites is 1. The molecular weight excluding hydrogens is 504 g/mol. The van der Waals surface area contributed by atoms with E-state index < -0.39 is 12.0 Å². The molecule has 0 bridgehead atoms. The van der Waals surface area contributed by atoms with Crippen LogP contribution in [0.2, 0.25) is 0 Å². The van der Waals surface area contributed by atoms with Crippen LogP contribution in [0, 0.1) is 5.92 Å². The molecule has 3 aromatic carbocycles. The number of furan rings is 1. The fraction of sp³-hybridized carbons (Fsp3) is 0.333. The van der Waals surface area contributed by atoms with Crippen molar-refractivity contribution in [1.82, 2.24) is 5.32 Å². The van der Waals surface area contributed by atoms with E-state index in [0.29, 0.717) is 17.9 Å². The second kappa shape index (κ2) is 12.8. The average molecular weight is 541 g/mol. The van der Waals surface area contributed by atoms with Gasteiger partial charge in [0.25, 0.3) is 0 Å². The van der Waals surface area contributed by atoms with Crippen LogP contribution in [0.1, 0.15) is 61.8 Å². The molecule has 0 radical (unpaired) electrons. The van der Waals surface area contributed by atoms with Gasteiger partial charge in [0.15, 0.2) is 6.04 Å². The molecule has 1 unspecified atom stereocenters. The highest BCUT2D eigenvalue weighted by molar-refractivity contribution is 5.93. The van der Waals surface area contributed by atoms with Crippen LogP contribution in [-0.4, -0.2) is 18.5 Å². The minimum Gasteiger partial charge on any atom is -0.489 e. The molecule has 1 aromatic heterocycles. The summed E-state index contributed by atoms with van der Waals surface area (Å²) in [5, 5.41) is 3.94. The smallest absolute Gasteiger partial charge is 0.333 e. The maximum atomic E-state index is 13.1. The number of fused-ring (bicyclic) bond motifs is 1. The Kier molecular flexibility index (Phi) is 8.81. The molecule has 0 aliphatic heterocycles. The van der Waals surface area contributed by atoms with Crippen molar-refractivity contribution in [3.63, 3.8) is 0 Å². The first-order valence-electron chi connectivity index (χ1n) is 14.1. The molecule has 1 amide bonds. The third-order valence-corrected chi connectivity index (χ3v) is 7.49. The molecule has 1 aliphatic carbocycles. The number of hydrogen-bond donors (Lipinski definition) is 2. The third-order valence-electron chi connectivity index (χ3n) is 7.49. The topological polar surface area (TPSA) is 104 Å². The van der Waals surface area contributed by atoms with Crippen LogP contribution in [0.5, 0.6) is 5.75 Å². The monoisotopic (exact) mass is 540 g/mol. The number of nitrogens with one attached hydrogen (secondary N) is 1. The number of carbonyl (C=O) groups excluding carboxylic acids is 2. The highest BCUT2D eigenvalue weighted by Crippen LogP contribution is 2.33. The van der Waals surface area contributed by atoms with Gasteiger partial charge in [-0.3, -0.25) is 4.79 Å². The standard InChI is InChI=1S/C33H36N2O5/c1-2-38-33(37)30(35-32(36)24-10-4-3-5-11-24)27-13-6-7-14-29(27)40-21-23-18-26-15-16-39-31(26)28(19-23)25-12-8-9-22(17-25)20-34/h6-9,12-19,24,30H,2-5,10-11,20-21,34H2,1H3,(H,35,36). The van der Waals surface area contributed by atoms with Crippen molar-refractivity contribution in [2.45, 2.75) is 58.2 Å². The zero-order valence-corrected chi connectivity index (χ0v) is 22.9. The number of rotatable bonds is 10. The number of ether oxygens (including phenoxy) is 2. The summed E-state index contributed by atoms with van der Waals surface area (Å²) in [6.07, 6.45) is 6.56. The summed E-state index contributed by atoms with van der Waals surface area (Å²) in [6.45, 7) is 2.69. The van der Waals surface area contributed by atoms with Crippen molar-refractivity contribution in [3.05, 3.63) is 89.7 Å². The quantitative estimate of drug-likeness (QED) is 0.224. The van der Waals surface area contributed by atoms with Crippen LogP contribution >= 0.6 is 0 Å². The van der Waals surface area contributed by atoms with Crippen LogP contribution in [0.3, 0.4) is 0 Å². The molecule has 1 heterocycles. The zero-order valence-electron chi connectivity index (χ0n) is 22.9. The number of benzene rings is 3. The minimum absolute atomic E-state index is 0.0864. The SMILES string of the molecule is CCOC(=O)C(NC(=O)C1CCCCC1)c1ccccc1OCc1cc(-c2cccc(CN)c2)c2occc2c1. The molecule has 1 fully saturated rings. The lowest BCUT2D eigenvalue weighted by Gasteiger charge is -2.25. The van der Waals surface area contributed by atoms with E-state index in [1.54, 1.807) is 19.3 Å². The van der Waals surface area contributed by atoms with E-state index in [1.165, 1.54) is 0 Å². The van der Waals surface area contributed by atoms with Gasteiger partial charge in [-0.1, -0.05) is 55.7 Å². The second-order valence-electron chi connectivity index (χ2n) is 10.2. The number of nitrogens with two attached hydrogens (primary N) is 1. The highest BCUT2D eigenvalue weighted by atomic mass is 16.5. The first-order chi connectivity index (χ1) is 19.6. The molecule has 5 rings (SSSR count). The number of hydrogen-bond acceptors (Lipinski definition) is 6. The largest absolute Gasteiger partial charge is 0.489 e. The maximum absolute atomic E-state index is 13.1.